The van der Waals surface area contributed by atoms with Gasteiger partial charge in [0.05, 0.1) is 0 Å². The molecule has 0 spiro atoms. The predicted molar refractivity (Wildman–Crippen MR) is 71.3 cm³/mol. The van der Waals surface area contributed by atoms with Gasteiger partial charge in [0.2, 0.25) is 5.91 Å². The molecule has 1 aromatic carbocycles. The van der Waals surface area contributed by atoms with Gasteiger partial charge in [-0.05, 0) is 18.1 Å². The van der Waals surface area contributed by atoms with Gasteiger partial charge in [-0.15, -0.1) is 11.8 Å². The first-order valence-electron chi connectivity index (χ1n) is 5.95. The fourth-order valence-corrected chi connectivity index (χ4v) is 3.24. The second-order valence-electron chi connectivity index (χ2n) is 4.24. The lowest BCUT2D eigenvalue weighted by Crippen LogP contribution is -2.33. The largest absolute Gasteiger partial charge is 0.355 e. The molecule has 1 atom stereocenters. The smallest absolute Gasteiger partial charge is 0.216 e. The monoisotopic (exact) mass is 250 g/mol. The van der Waals surface area contributed by atoms with Crippen LogP contribution in [0.25, 0.3) is 0 Å². The van der Waals surface area contributed by atoms with Gasteiger partial charge in [0.15, 0.2) is 0 Å². The molecule has 1 aromatic rings. The van der Waals surface area contributed by atoms with Gasteiger partial charge in [-0.3, -0.25) is 4.79 Å². The Hall–Kier alpha value is -1.00. The van der Waals surface area contributed by atoms with Crippen LogP contribution < -0.4 is 10.6 Å². The van der Waals surface area contributed by atoms with E-state index in [4.69, 9.17) is 0 Å². The van der Waals surface area contributed by atoms with Crippen LogP contribution in [0.1, 0.15) is 12.5 Å². The predicted octanol–water partition coefficient (Wildman–Crippen LogP) is 1.43. The Morgan fingerprint density at radius 2 is 2.24 bits per heavy atom. The first kappa shape index (κ1) is 12.5. The summed E-state index contributed by atoms with van der Waals surface area (Å²) < 4.78 is 0. The summed E-state index contributed by atoms with van der Waals surface area (Å²) in [6.07, 6.45) is 1.15. The Balaban J connectivity index is 1.65. The van der Waals surface area contributed by atoms with E-state index in [0.29, 0.717) is 11.8 Å². The minimum Gasteiger partial charge on any atom is -0.355 e. The third kappa shape index (κ3) is 3.75. The molecule has 3 nitrogen and oxygen atoms in total. The van der Waals surface area contributed by atoms with E-state index < -0.39 is 0 Å². The lowest BCUT2D eigenvalue weighted by molar-refractivity contribution is -0.118. The first-order chi connectivity index (χ1) is 8.25. The summed E-state index contributed by atoms with van der Waals surface area (Å²) in [6, 6.07) is 8.60. The van der Waals surface area contributed by atoms with E-state index in [1.54, 1.807) is 6.92 Å². The summed E-state index contributed by atoms with van der Waals surface area (Å²) in [5.74, 6) is 0.0365. The fraction of sp³-hybridized carbons (Fsp3) is 0.462. The zero-order valence-corrected chi connectivity index (χ0v) is 10.8. The van der Waals surface area contributed by atoms with Crippen LogP contribution >= 0.6 is 11.8 Å². The highest BCUT2D eigenvalue weighted by Gasteiger charge is 2.20. The maximum absolute atomic E-state index is 10.7. The highest BCUT2D eigenvalue weighted by Crippen LogP contribution is 2.36. The van der Waals surface area contributed by atoms with E-state index in [0.717, 1.165) is 19.5 Å². The topological polar surface area (TPSA) is 41.1 Å². The molecule has 0 radical (unpaired) electrons. The molecule has 17 heavy (non-hydrogen) atoms. The van der Waals surface area contributed by atoms with Gasteiger partial charge in [-0.1, -0.05) is 18.2 Å². The van der Waals surface area contributed by atoms with Crippen LogP contribution in [0.2, 0.25) is 0 Å². The van der Waals surface area contributed by atoms with Crippen molar-refractivity contribution in [3.8, 4) is 0 Å². The number of benzene rings is 1. The normalized spacial score (nSPS) is 17.8. The van der Waals surface area contributed by atoms with E-state index in [-0.39, 0.29) is 5.91 Å². The number of carbonyl (C=O) groups excluding carboxylic acids is 1. The summed E-state index contributed by atoms with van der Waals surface area (Å²) in [7, 11) is 0. The van der Waals surface area contributed by atoms with E-state index in [1.807, 2.05) is 11.8 Å². The quantitative estimate of drug-likeness (QED) is 0.777. The summed E-state index contributed by atoms with van der Waals surface area (Å²) in [6.45, 7) is 4.09. The molecule has 1 amide bonds. The summed E-state index contributed by atoms with van der Waals surface area (Å²) >= 11 is 1.95. The van der Waals surface area contributed by atoms with Crippen LogP contribution in [0.15, 0.2) is 29.2 Å². The SMILES string of the molecule is CC(=O)NCCNCC1Cc2ccccc2S1. The van der Waals surface area contributed by atoms with Crippen molar-refractivity contribution < 1.29 is 4.79 Å². The molecule has 0 saturated heterocycles. The van der Waals surface area contributed by atoms with Crippen molar-refractivity contribution in [1.82, 2.24) is 10.6 Å². The van der Waals surface area contributed by atoms with Gasteiger partial charge in [-0.25, -0.2) is 0 Å². The molecule has 2 N–H and O–H groups in total. The number of rotatable bonds is 5. The van der Waals surface area contributed by atoms with Crippen LogP contribution in [0.4, 0.5) is 0 Å². The van der Waals surface area contributed by atoms with E-state index in [1.165, 1.54) is 10.5 Å². The molecule has 2 rings (SSSR count). The van der Waals surface area contributed by atoms with Gasteiger partial charge in [0, 0.05) is 36.7 Å². The van der Waals surface area contributed by atoms with Crippen molar-refractivity contribution in [2.24, 2.45) is 0 Å². The van der Waals surface area contributed by atoms with Crippen LogP contribution in [0.5, 0.6) is 0 Å². The molecule has 0 fully saturated rings. The lowest BCUT2D eigenvalue weighted by Gasteiger charge is -2.10. The molecule has 0 bridgehead atoms. The van der Waals surface area contributed by atoms with Crippen LogP contribution in [0, 0.1) is 0 Å². The zero-order chi connectivity index (χ0) is 12.1. The Kier molecular flexibility index (Phi) is 4.45. The first-order valence-corrected chi connectivity index (χ1v) is 6.83. The van der Waals surface area contributed by atoms with Crippen molar-refractivity contribution in [2.75, 3.05) is 19.6 Å². The Morgan fingerprint density at radius 3 is 3.00 bits per heavy atom. The van der Waals surface area contributed by atoms with Gasteiger partial charge in [0.1, 0.15) is 0 Å². The molecule has 1 aliphatic heterocycles. The molecular weight excluding hydrogens is 232 g/mol. The van der Waals surface area contributed by atoms with Gasteiger partial charge >= 0.3 is 0 Å². The number of hydrogen-bond acceptors (Lipinski definition) is 3. The Bertz CT molecular complexity index is 370. The molecule has 4 heteroatoms. The highest BCUT2D eigenvalue weighted by molar-refractivity contribution is 8.00. The Labute approximate surface area is 106 Å². The number of fused-ring (bicyclic) bond motifs is 1. The maximum Gasteiger partial charge on any atom is 0.216 e. The van der Waals surface area contributed by atoms with Crippen molar-refractivity contribution in [3.05, 3.63) is 29.8 Å². The van der Waals surface area contributed by atoms with E-state index >= 15 is 0 Å². The minimum atomic E-state index is 0.0365. The minimum absolute atomic E-state index is 0.0365. The average molecular weight is 250 g/mol. The van der Waals surface area contributed by atoms with Gasteiger partial charge in [0.25, 0.3) is 0 Å². The molecule has 1 unspecified atom stereocenters. The zero-order valence-electron chi connectivity index (χ0n) is 10.0. The molecule has 1 aliphatic rings. The van der Waals surface area contributed by atoms with Gasteiger partial charge < -0.3 is 10.6 Å². The number of thioether (sulfide) groups is 1. The summed E-state index contributed by atoms with van der Waals surface area (Å²) in [5, 5.41) is 6.79. The number of hydrogen-bond donors (Lipinski definition) is 2. The summed E-state index contributed by atoms with van der Waals surface area (Å²) in [4.78, 5) is 12.1. The molecule has 1 heterocycles. The molecule has 92 valence electrons. The second kappa shape index (κ2) is 6.07. The maximum atomic E-state index is 10.7. The molecule has 0 aromatic heterocycles. The standard InChI is InChI=1S/C13H18N2OS/c1-10(16)15-7-6-14-9-12-8-11-4-2-3-5-13(11)17-12/h2-5,12,14H,6-9H2,1H3,(H,15,16). The number of carbonyl (C=O) groups is 1. The van der Waals surface area contributed by atoms with Crippen LogP contribution in [0.3, 0.4) is 0 Å². The Morgan fingerprint density at radius 1 is 1.41 bits per heavy atom. The van der Waals surface area contributed by atoms with Crippen molar-refractivity contribution in [3.63, 3.8) is 0 Å². The van der Waals surface area contributed by atoms with E-state index in [9.17, 15) is 4.79 Å². The lowest BCUT2D eigenvalue weighted by atomic mass is 10.1. The third-order valence-corrected chi connectivity index (χ3v) is 4.08. The fourth-order valence-electron chi connectivity index (χ4n) is 1.96. The average Bonchev–Trinajstić information content (AvgIpc) is 2.70. The molecular formula is C13H18N2OS. The van der Waals surface area contributed by atoms with Crippen LogP contribution in [-0.4, -0.2) is 30.8 Å². The highest BCUT2D eigenvalue weighted by atomic mass is 32.2. The number of nitrogens with one attached hydrogen (secondary N) is 2. The van der Waals surface area contributed by atoms with Gasteiger partial charge in [-0.2, -0.15) is 0 Å². The second-order valence-corrected chi connectivity index (χ2v) is 5.58. The summed E-state index contributed by atoms with van der Waals surface area (Å²) in [5.41, 5.74) is 1.46. The number of amides is 1. The molecule has 0 aliphatic carbocycles. The van der Waals surface area contributed by atoms with Crippen molar-refractivity contribution >= 4 is 17.7 Å². The van der Waals surface area contributed by atoms with E-state index in [2.05, 4.69) is 34.9 Å². The van der Waals surface area contributed by atoms with Crippen molar-refractivity contribution in [1.29, 1.82) is 0 Å². The van der Waals surface area contributed by atoms with Crippen LogP contribution in [-0.2, 0) is 11.2 Å². The third-order valence-electron chi connectivity index (χ3n) is 2.76. The van der Waals surface area contributed by atoms with Crippen molar-refractivity contribution in [2.45, 2.75) is 23.5 Å². The molecule has 0 saturated carbocycles.